The van der Waals surface area contributed by atoms with E-state index in [0.29, 0.717) is 33.8 Å². The number of hydrogen-bond acceptors (Lipinski definition) is 14. The Morgan fingerprint density at radius 2 is 1.48 bits per heavy atom. The molecule has 0 fully saturated rings. The summed E-state index contributed by atoms with van der Waals surface area (Å²) < 4.78 is 26.6. The van der Waals surface area contributed by atoms with E-state index in [2.05, 4.69) is 15.0 Å². The Morgan fingerprint density at radius 3 is 2.11 bits per heavy atom. The minimum Gasteiger partial charge on any atom is -0.466 e. The summed E-state index contributed by atoms with van der Waals surface area (Å²) >= 11 is 0. The number of para-hydroxylation sites is 1. The third-order valence-electron chi connectivity index (χ3n) is 8.54. The van der Waals surface area contributed by atoms with Gasteiger partial charge in [0.2, 0.25) is 0 Å². The molecule has 1 aromatic heterocycles. The van der Waals surface area contributed by atoms with Crippen molar-refractivity contribution < 1.29 is 64.2 Å². The molecule has 7 N–H and O–H groups in total. The van der Waals surface area contributed by atoms with Gasteiger partial charge in [0.15, 0.2) is 0 Å². The summed E-state index contributed by atoms with van der Waals surface area (Å²) in [5.41, 5.74) is 4.53. The molecule has 3 aromatic carbocycles. The van der Waals surface area contributed by atoms with Crippen molar-refractivity contribution in [2.45, 2.75) is 70.3 Å². The van der Waals surface area contributed by atoms with Crippen molar-refractivity contribution in [2.75, 3.05) is 31.7 Å². The first-order valence-corrected chi connectivity index (χ1v) is 18.0. The fourth-order valence-electron chi connectivity index (χ4n) is 6.21. The first kappa shape index (κ1) is 44.1. The van der Waals surface area contributed by atoms with Crippen molar-refractivity contribution >= 4 is 17.6 Å². The fourth-order valence-corrected chi connectivity index (χ4v) is 6.21. The molecule has 0 aliphatic rings. The summed E-state index contributed by atoms with van der Waals surface area (Å²) in [6.45, 7) is 3.39. The van der Waals surface area contributed by atoms with E-state index in [-0.39, 0.29) is 63.9 Å². The number of aliphatic hydroxyl groups is 2. The van der Waals surface area contributed by atoms with Crippen molar-refractivity contribution in [3.05, 3.63) is 102 Å². The molecular weight excluding hydrogens is 735 g/mol. The van der Waals surface area contributed by atoms with Gasteiger partial charge in [-0.2, -0.15) is 0 Å². The normalized spacial score (nSPS) is 13.3. The molecule has 0 saturated carbocycles. The summed E-state index contributed by atoms with van der Waals surface area (Å²) in [6, 6.07) is 24.5. The summed E-state index contributed by atoms with van der Waals surface area (Å²) in [4.78, 5) is 35.6. The van der Waals surface area contributed by atoms with Gasteiger partial charge in [0.05, 0.1) is 53.9 Å². The number of aromatic nitrogens is 1. The van der Waals surface area contributed by atoms with Crippen LogP contribution in [0.3, 0.4) is 0 Å². The molecule has 0 saturated heterocycles. The molecule has 4 rings (SSSR count). The maximum absolute atomic E-state index is 14.2. The van der Waals surface area contributed by atoms with E-state index in [1.54, 1.807) is 24.3 Å². The molecule has 0 radical (unpaired) electrons. The summed E-state index contributed by atoms with van der Waals surface area (Å²) in [7, 11) is 0. The number of ether oxygens (including phenoxy) is 2. The monoisotopic (exact) mass is 784 g/mol. The van der Waals surface area contributed by atoms with E-state index in [1.165, 1.54) is 12.1 Å². The second-order valence-corrected chi connectivity index (χ2v) is 13.2. The molecule has 17 heteroatoms. The minimum absolute atomic E-state index is 0.0481. The van der Waals surface area contributed by atoms with Crippen LogP contribution in [0, 0.1) is 5.82 Å². The van der Waals surface area contributed by atoms with Gasteiger partial charge < -0.3 is 29.6 Å². The Kier molecular flexibility index (Phi) is 17.5. The van der Waals surface area contributed by atoms with E-state index >= 15 is 0 Å². The topological polar surface area (TPSA) is 216 Å². The van der Waals surface area contributed by atoms with Crippen molar-refractivity contribution in [1.82, 2.24) is 15.3 Å². The number of hydrogen-bond donors (Lipinski definition) is 7. The van der Waals surface area contributed by atoms with Gasteiger partial charge in [-0.1, -0.05) is 62.4 Å². The smallest absolute Gasteiger partial charge is 0.308 e. The molecule has 16 nitrogen and oxygen atoms in total. The zero-order valence-electron chi connectivity index (χ0n) is 31.1. The Morgan fingerprint density at radius 1 is 0.821 bits per heavy atom. The molecular formula is C39H49FN4O12. The SMILES string of the molecule is CC(C)c1c(C(=O)Nc2ccccc2)c(-c2ccccc2)c(-c2ccc(F)cc2)n1CC[C@@H](O)C[C@@H](O)CC(=O)OCCCOCC(CON(O)O)ON(O)O. The minimum atomic E-state index is -1.22. The van der Waals surface area contributed by atoms with E-state index < -0.39 is 47.5 Å². The lowest BCUT2D eigenvalue weighted by atomic mass is 9.94. The molecule has 1 unspecified atom stereocenters. The number of carbonyl (C=O) groups is 2. The molecule has 0 aliphatic heterocycles. The lowest BCUT2D eigenvalue weighted by molar-refractivity contribution is -0.528. The zero-order chi connectivity index (χ0) is 40.6. The van der Waals surface area contributed by atoms with E-state index in [9.17, 15) is 24.2 Å². The molecule has 4 aromatic rings. The largest absolute Gasteiger partial charge is 0.466 e. The number of aliphatic hydroxyl groups excluding tert-OH is 2. The van der Waals surface area contributed by atoms with Crippen LogP contribution < -0.4 is 5.32 Å². The lowest BCUT2D eigenvalue weighted by Gasteiger charge is -2.20. The van der Waals surface area contributed by atoms with Crippen LogP contribution in [0.4, 0.5) is 10.1 Å². The second kappa shape index (κ2) is 22.2. The van der Waals surface area contributed by atoms with Gasteiger partial charge in [-0.25, -0.2) is 14.1 Å². The Bertz CT molecular complexity index is 1790. The molecule has 304 valence electrons. The number of anilines is 1. The number of benzene rings is 3. The molecule has 1 amide bonds. The van der Waals surface area contributed by atoms with Crippen LogP contribution in [0.1, 0.15) is 61.5 Å². The molecule has 0 bridgehead atoms. The molecule has 1 heterocycles. The van der Waals surface area contributed by atoms with Gasteiger partial charge in [0, 0.05) is 36.5 Å². The van der Waals surface area contributed by atoms with Crippen LogP contribution in [-0.2, 0) is 30.5 Å². The average molecular weight is 785 g/mol. The zero-order valence-corrected chi connectivity index (χ0v) is 31.1. The van der Waals surface area contributed by atoms with Crippen LogP contribution in [0.2, 0.25) is 0 Å². The lowest BCUT2D eigenvalue weighted by Crippen LogP contribution is -2.34. The van der Waals surface area contributed by atoms with Crippen LogP contribution in [0.5, 0.6) is 0 Å². The first-order valence-electron chi connectivity index (χ1n) is 18.0. The van der Waals surface area contributed by atoms with E-state index in [1.807, 2.05) is 66.9 Å². The van der Waals surface area contributed by atoms with Crippen molar-refractivity contribution in [2.24, 2.45) is 0 Å². The van der Waals surface area contributed by atoms with Gasteiger partial charge in [0.25, 0.3) is 5.91 Å². The third-order valence-corrected chi connectivity index (χ3v) is 8.54. The number of esters is 1. The van der Waals surface area contributed by atoms with Gasteiger partial charge in [-0.15, -0.1) is 0 Å². The highest BCUT2D eigenvalue weighted by Crippen LogP contribution is 2.42. The number of rotatable bonds is 23. The predicted molar refractivity (Wildman–Crippen MR) is 198 cm³/mol. The van der Waals surface area contributed by atoms with Gasteiger partial charge in [-0.05, 0) is 66.3 Å². The first-order chi connectivity index (χ1) is 26.8. The fraction of sp³-hybridized carbons (Fsp3) is 0.385. The molecule has 0 spiro atoms. The van der Waals surface area contributed by atoms with E-state index in [0.717, 1.165) is 5.56 Å². The third kappa shape index (κ3) is 13.5. The maximum Gasteiger partial charge on any atom is 0.308 e. The number of nitrogens with one attached hydrogen (secondary N) is 1. The van der Waals surface area contributed by atoms with Crippen LogP contribution in [-0.4, -0.2) is 103 Å². The van der Waals surface area contributed by atoms with Crippen LogP contribution in [0.15, 0.2) is 84.9 Å². The van der Waals surface area contributed by atoms with Gasteiger partial charge in [-0.3, -0.25) is 30.4 Å². The Balaban J connectivity index is 1.44. The number of halogens is 1. The second-order valence-electron chi connectivity index (χ2n) is 13.2. The molecule has 3 atom stereocenters. The highest BCUT2D eigenvalue weighted by molar-refractivity contribution is 6.12. The van der Waals surface area contributed by atoms with Crippen LogP contribution in [0.25, 0.3) is 22.4 Å². The predicted octanol–water partition coefficient (Wildman–Crippen LogP) is 5.57. The van der Waals surface area contributed by atoms with E-state index in [4.69, 9.17) is 30.3 Å². The Labute approximate surface area is 323 Å². The quantitative estimate of drug-likeness (QED) is 0.0278. The summed E-state index contributed by atoms with van der Waals surface area (Å²) in [6.07, 6.45) is -3.54. The van der Waals surface area contributed by atoms with Crippen molar-refractivity contribution in [3.8, 4) is 22.4 Å². The van der Waals surface area contributed by atoms with Crippen molar-refractivity contribution in [1.29, 1.82) is 0 Å². The summed E-state index contributed by atoms with van der Waals surface area (Å²) in [5, 5.41) is 58.5. The highest BCUT2D eigenvalue weighted by atomic mass is 19.1. The maximum atomic E-state index is 14.2. The van der Waals surface area contributed by atoms with Crippen molar-refractivity contribution in [3.63, 3.8) is 0 Å². The van der Waals surface area contributed by atoms with Gasteiger partial charge in [0.1, 0.15) is 18.5 Å². The molecule has 0 aliphatic carbocycles. The van der Waals surface area contributed by atoms with Gasteiger partial charge >= 0.3 is 5.97 Å². The summed E-state index contributed by atoms with van der Waals surface area (Å²) in [5.74, 6) is -1.61. The number of nitrogens with zero attached hydrogens (tertiary/aromatic N) is 3. The number of amides is 1. The highest BCUT2D eigenvalue weighted by Gasteiger charge is 2.31. The van der Waals surface area contributed by atoms with Crippen LogP contribution >= 0.6 is 0 Å². The molecule has 56 heavy (non-hydrogen) atoms. The average Bonchev–Trinajstić information content (AvgIpc) is 3.50. The standard InChI is InChI=1S/C39H49FN4O12/c1-26(2)37-36(39(48)41-30-12-7-4-8-13-30)35(27-10-5-3-6-11-27)38(28-14-16-29(40)17-15-28)42(37)19-18-31(45)22-32(46)23-34(47)54-21-9-20-53-24-33(56-44(51)52)25-55-43(49)50/h3-8,10-17,26,31-33,45-46,49-52H,9,18-25H2,1-2H3,(H,41,48)/t31-,32-,33?/m1/s1. The Hall–Kier alpha value is -4.63. The number of carbonyl (C=O) groups excluding carboxylic acids is 2.